The molecule has 3 aromatic rings. The Kier molecular flexibility index (Phi) is 6.73. The molecule has 1 amide bonds. The van der Waals surface area contributed by atoms with E-state index in [0.29, 0.717) is 17.9 Å². The molecule has 0 spiro atoms. The lowest BCUT2D eigenvalue weighted by Gasteiger charge is -2.09. The van der Waals surface area contributed by atoms with Gasteiger partial charge in [0.05, 0.1) is 11.8 Å². The lowest BCUT2D eigenvalue weighted by Crippen LogP contribution is -2.17. The zero-order valence-corrected chi connectivity index (χ0v) is 17.3. The van der Waals surface area contributed by atoms with Crippen LogP contribution in [0.5, 0.6) is 5.75 Å². The van der Waals surface area contributed by atoms with Crippen LogP contribution in [0.25, 0.3) is 0 Å². The highest BCUT2D eigenvalue weighted by molar-refractivity contribution is 9.10. The Morgan fingerprint density at radius 3 is 2.67 bits per heavy atom. The van der Waals surface area contributed by atoms with Crippen LogP contribution in [0.15, 0.2) is 81.0 Å². The van der Waals surface area contributed by atoms with Crippen molar-refractivity contribution in [2.75, 3.05) is 0 Å². The van der Waals surface area contributed by atoms with Crippen LogP contribution in [0.1, 0.15) is 21.5 Å². The Morgan fingerprint density at radius 2 is 1.89 bits per heavy atom. The third-order valence-electron chi connectivity index (χ3n) is 3.55. The topological polar surface area (TPSA) is 63.6 Å². The number of rotatable bonds is 6. The summed E-state index contributed by atoms with van der Waals surface area (Å²) in [5.41, 5.74) is 4.72. The second-order valence-electron chi connectivity index (χ2n) is 5.55. The van der Waals surface area contributed by atoms with Crippen molar-refractivity contribution in [2.45, 2.75) is 6.61 Å². The Labute approximate surface area is 173 Å². The average molecular weight is 489 g/mol. The average Bonchev–Trinajstić information content (AvgIpc) is 2.68. The van der Waals surface area contributed by atoms with E-state index in [1.165, 1.54) is 6.20 Å². The van der Waals surface area contributed by atoms with Crippen molar-refractivity contribution in [3.63, 3.8) is 0 Å². The maximum Gasteiger partial charge on any atom is 0.272 e. The Hall–Kier alpha value is -2.51. The summed E-state index contributed by atoms with van der Waals surface area (Å²) in [6.45, 7) is 0.444. The third-order valence-corrected chi connectivity index (χ3v) is 4.47. The van der Waals surface area contributed by atoms with Crippen molar-refractivity contribution < 1.29 is 9.53 Å². The molecule has 0 unspecified atom stereocenters. The van der Waals surface area contributed by atoms with Gasteiger partial charge in [0, 0.05) is 26.9 Å². The van der Waals surface area contributed by atoms with Gasteiger partial charge < -0.3 is 4.74 Å². The van der Waals surface area contributed by atoms with Gasteiger partial charge in [-0.25, -0.2) is 5.43 Å². The number of ether oxygens (including phenoxy) is 1. The second-order valence-corrected chi connectivity index (χ2v) is 7.38. The van der Waals surface area contributed by atoms with E-state index in [4.69, 9.17) is 4.74 Å². The Morgan fingerprint density at radius 1 is 1.07 bits per heavy atom. The molecule has 2 aromatic carbocycles. The van der Waals surface area contributed by atoms with Gasteiger partial charge in [0.15, 0.2) is 0 Å². The first-order chi connectivity index (χ1) is 13.1. The first kappa shape index (κ1) is 19.3. The standard InChI is InChI=1S/C20H15Br2N3O2/c21-17-6-7-19(27-13-14-4-2-1-3-5-14)15(8-17)11-24-25-20(26)16-9-18(22)12-23-10-16/h1-12H,13H2,(H,25,26). The Balaban J connectivity index is 1.69. The van der Waals surface area contributed by atoms with E-state index < -0.39 is 0 Å². The van der Waals surface area contributed by atoms with E-state index in [0.717, 1.165) is 20.1 Å². The fourth-order valence-electron chi connectivity index (χ4n) is 2.25. The maximum atomic E-state index is 12.1. The molecule has 1 heterocycles. The number of amides is 1. The van der Waals surface area contributed by atoms with Gasteiger partial charge >= 0.3 is 0 Å². The van der Waals surface area contributed by atoms with E-state index >= 15 is 0 Å². The predicted molar refractivity (Wildman–Crippen MR) is 112 cm³/mol. The summed E-state index contributed by atoms with van der Waals surface area (Å²) in [7, 11) is 0. The molecule has 0 fully saturated rings. The van der Waals surface area contributed by atoms with Gasteiger partial charge in [-0.1, -0.05) is 46.3 Å². The number of carbonyl (C=O) groups is 1. The van der Waals surface area contributed by atoms with Crippen molar-refractivity contribution in [3.05, 3.63) is 92.6 Å². The van der Waals surface area contributed by atoms with Crippen LogP contribution in [-0.4, -0.2) is 17.1 Å². The molecular weight excluding hydrogens is 474 g/mol. The van der Waals surface area contributed by atoms with Crippen LogP contribution in [0.3, 0.4) is 0 Å². The highest BCUT2D eigenvalue weighted by Gasteiger charge is 2.06. The lowest BCUT2D eigenvalue weighted by molar-refractivity contribution is 0.0954. The highest BCUT2D eigenvalue weighted by Crippen LogP contribution is 2.23. The number of hydrogen-bond donors (Lipinski definition) is 1. The van der Waals surface area contributed by atoms with E-state index in [9.17, 15) is 4.79 Å². The van der Waals surface area contributed by atoms with E-state index in [1.54, 1.807) is 18.5 Å². The first-order valence-corrected chi connectivity index (χ1v) is 9.60. The van der Waals surface area contributed by atoms with E-state index in [2.05, 4.69) is 47.4 Å². The molecule has 0 atom stereocenters. The van der Waals surface area contributed by atoms with Crippen molar-refractivity contribution in [3.8, 4) is 5.75 Å². The largest absolute Gasteiger partial charge is 0.488 e. The van der Waals surface area contributed by atoms with E-state index in [-0.39, 0.29) is 5.91 Å². The van der Waals surface area contributed by atoms with Crippen LogP contribution >= 0.6 is 31.9 Å². The lowest BCUT2D eigenvalue weighted by atomic mass is 10.2. The number of benzene rings is 2. The third kappa shape index (κ3) is 5.74. The number of hydrogen-bond acceptors (Lipinski definition) is 4. The molecule has 0 bridgehead atoms. The summed E-state index contributed by atoms with van der Waals surface area (Å²) < 4.78 is 7.51. The van der Waals surface area contributed by atoms with Gasteiger partial charge in [-0.05, 0) is 45.8 Å². The number of carbonyl (C=O) groups excluding carboxylic acids is 1. The molecule has 0 aliphatic rings. The fraction of sp³-hybridized carbons (Fsp3) is 0.0500. The minimum atomic E-state index is -0.346. The van der Waals surface area contributed by atoms with Gasteiger partial charge in [0.25, 0.3) is 5.91 Å². The van der Waals surface area contributed by atoms with Gasteiger partial charge in [-0.3, -0.25) is 9.78 Å². The Bertz CT molecular complexity index is 962. The first-order valence-electron chi connectivity index (χ1n) is 8.02. The molecule has 0 radical (unpaired) electrons. The quantitative estimate of drug-likeness (QED) is 0.394. The monoisotopic (exact) mass is 487 g/mol. The second kappa shape index (κ2) is 9.43. The van der Waals surface area contributed by atoms with Crippen LogP contribution in [0.2, 0.25) is 0 Å². The highest BCUT2D eigenvalue weighted by atomic mass is 79.9. The number of nitrogens with one attached hydrogen (secondary N) is 1. The van der Waals surface area contributed by atoms with Crippen LogP contribution in [0.4, 0.5) is 0 Å². The van der Waals surface area contributed by atoms with Crippen LogP contribution in [-0.2, 0) is 6.61 Å². The molecule has 7 heteroatoms. The van der Waals surface area contributed by atoms with Gasteiger partial charge in [0.2, 0.25) is 0 Å². The van der Waals surface area contributed by atoms with E-state index in [1.807, 2.05) is 48.5 Å². The summed E-state index contributed by atoms with van der Waals surface area (Å²) in [6.07, 6.45) is 4.63. The maximum absolute atomic E-state index is 12.1. The molecule has 136 valence electrons. The van der Waals surface area contributed by atoms with Crippen molar-refractivity contribution in [2.24, 2.45) is 5.10 Å². The normalized spacial score (nSPS) is 10.7. The molecule has 0 saturated heterocycles. The summed E-state index contributed by atoms with van der Waals surface area (Å²) in [5.74, 6) is 0.325. The minimum Gasteiger partial charge on any atom is -0.488 e. The molecule has 0 saturated carbocycles. The molecule has 1 N–H and O–H groups in total. The predicted octanol–water partition coefficient (Wildman–Crippen LogP) is 4.95. The zero-order chi connectivity index (χ0) is 19.1. The molecular formula is C20H15Br2N3O2. The van der Waals surface area contributed by atoms with Crippen molar-refractivity contribution in [1.82, 2.24) is 10.4 Å². The fourth-order valence-corrected chi connectivity index (χ4v) is 2.99. The zero-order valence-electron chi connectivity index (χ0n) is 14.1. The molecule has 3 rings (SSSR count). The summed E-state index contributed by atoms with van der Waals surface area (Å²) in [4.78, 5) is 16.1. The van der Waals surface area contributed by atoms with Crippen LogP contribution < -0.4 is 10.2 Å². The number of aromatic nitrogens is 1. The van der Waals surface area contributed by atoms with Crippen LogP contribution in [0, 0.1) is 0 Å². The molecule has 27 heavy (non-hydrogen) atoms. The molecule has 5 nitrogen and oxygen atoms in total. The van der Waals surface area contributed by atoms with Crippen molar-refractivity contribution in [1.29, 1.82) is 0 Å². The molecule has 1 aromatic heterocycles. The number of hydrazone groups is 1. The van der Waals surface area contributed by atoms with Crippen molar-refractivity contribution >= 4 is 44.0 Å². The van der Waals surface area contributed by atoms with Gasteiger partial charge in [-0.15, -0.1) is 0 Å². The SMILES string of the molecule is O=C(NN=Cc1cc(Br)ccc1OCc1ccccc1)c1cncc(Br)c1. The summed E-state index contributed by atoms with van der Waals surface area (Å²) in [5, 5.41) is 4.04. The summed E-state index contributed by atoms with van der Waals surface area (Å²) in [6, 6.07) is 17.2. The van der Waals surface area contributed by atoms with Gasteiger partial charge in [0.1, 0.15) is 12.4 Å². The van der Waals surface area contributed by atoms with Gasteiger partial charge in [-0.2, -0.15) is 5.10 Å². The smallest absolute Gasteiger partial charge is 0.272 e. The minimum absolute atomic E-state index is 0.346. The molecule has 0 aliphatic carbocycles. The molecule has 0 aliphatic heterocycles. The number of nitrogens with zero attached hydrogens (tertiary/aromatic N) is 2. The summed E-state index contributed by atoms with van der Waals surface area (Å²) >= 11 is 6.73. The number of pyridine rings is 1. The number of halogens is 2.